The molecule has 3 nitrogen and oxygen atoms in total. The number of halogens is 1. The fourth-order valence-corrected chi connectivity index (χ4v) is 2.18. The van der Waals surface area contributed by atoms with Crippen LogP contribution in [0.4, 0.5) is 5.82 Å². The lowest BCUT2D eigenvalue weighted by molar-refractivity contribution is 0.699. The molecule has 0 amide bonds. The van der Waals surface area contributed by atoms with Gasteiger partial charge < -0.3 is 5.32 Å². The van der Waals surface area contributed by atoms with E-state index >= 15 is 0 Å². The van der Waals surface area contributed by atoms with Crippen LogP contribution < -0.4 is 5.32 Å². The van der Waals surface area contributed by atoms with E-state index in [0.29, 0.717) is 22.3 Å². The quantitative estimate of drug-likeness (QED) is 0.879. The molecular weight excluding hydrogens is 242 g/mol. The number of rotatable bonds is 5. The molecule has 0 aliphatic carbocycles. The minimum absolute atomic E-state index is 0.404. The number of thioether (sulfide) groups is 1. The number of nitrogens with one attached hydrogen (secondary N) is 1. The Morgan fingerprint density at radius 3 is 3.06 bits per heavy atom. The van der Waals surface area contributed by atoms with E-state index in [0.717, 1.165) is 12.3 Å². The molecule has 0 spiro atoms. The molecule has 1 unspecified atom stereocenters. The van der Waals surface area contributed by atoms with E-state index in [-0.39, 0.29) is 0 Å². The summed E-state index contributed by atoms with van der Waals surface area (Å²) in [5.74, 6) is 2.22. The summed E-state index contributed by atoms with van der Waals surface area (Å²) in [5, 5.41) is 12.4. The van der Waals surface area contributed by atoms with Gasteiger partial charge in [-0.3, -0.25) is 0 Å². The molecule has 0 saturated heterocycles. The maximum absolute atomic E-state index is 8.81. The van der Waals surface area contributed by atoms with Crippen LogP contribution in [-0.4, -0.2) is 23.5 Å². The molecule has 0 radical (unpaired) electrons. The Hall–Kier alpha value is -0.920. The molecule has 16 heavy (non-hydrogen) atoms. The zero-order valence-electron chi connectivity index (χ0n) is 9.33. The van der Waals surface area contributed by atoms with Crippen molar-refractivity contribution < 1.29 is 0 Å². The van der Waals surface area contributed by atoms with E-state index in [1.165, 1.54) is 0 Å². The predicted octanol–water partition coefficient (Wildman–Crippen LogP) is 3.02. The molecule has 86 valence electrons. The van der Waals surface area contributed by atoms with E-state index in [1.54, 1.807) is 12.3 Å². The van der Waals surface area contributed by atoms with E-state index in [1.807, 2.05) is 17.8 Å². The van der Waals surface area contributed by atoms with Crippen LogP contribution in [0.2, 0.25) is 5.02 Å². The smallest absolute Gasteiger partial charge is 0.146 e. The van der Waals surface area contributed by atoms with Crippen molar-refractivity contribution in [2.45, 2.75) is 6.92 Å². The summed E-state index contributed by atoms with van der Waals surface area (Å²) >= 11 is 7.83. The highest BCUT2D eigenvalue weighted by Gasteiger charge is 2.08. The molecule has 5 heteroatoms. The number of hydrogen-bond acceptors (Lipinski definition) is 4. The Morgan fingerprint density at radius 1 is 1.69 bits per heavy atom. The van der Waals surface area contributed by atoms with E-state index in [2.05, 4.69) is 23.5 Å². The lowest BCUT2D eigenvalue weighted by Gasteiger charge is -2.12. The van der Waals surface area contributed by atoms with Gasteiger partial charge >= 0.3 is 0 Å². The Morgan fingerprint density at radius 2 is 2.44 bits per heavy atom. The van der Waals surface area contributed by atoms with Crippen molar-refractivity contribution >= 4 is 29.2 Å². The molecule has 0 fully saturated rings. The molecule has 1 heterocycles. The second-order valence-electron chi connectivity index (χ2n) is 3.57. The van der Waals surface area contributed by atoms with Gasteiger partial charge in [0.1, 0.15) is 16.9 Å². The van der Waals surface area contributed by atoms with E-state index in [9.17, 15) is 0 Å². The summed E-state index contributed by atoms with van der Waals surface area (Å²) in [6.07, 6.45) is 3.67. The van der Waals surface area contributed by atoms with Crippen molar-refractivity contribution in [3.8, 4) is 6.07 Å². The summed E-state index contributed by atoms with van der Waals surface area (Å²) in [6.45, 7) is 2.97. The Labute approximate surface area is 105 Å². The van der Waals surface area contributed by atoms with Gasteiger partial charge in [0.25, 0.3) is 0 Å². The average molecular weight is 256 g/mol. The highest BCUT2D eigenvalue weighted by Crippen LogP contribution is 2.22. The van der Waals surface area contributed by atoms with Gasteiger partial charge in [-0.1, -0.05) is 18.5 Å². The average Bonchev–Trinajstić information content (AvgIpc) is 2.28. The first-order valence-corrected chi connectivity index (χ1v) is 6.73. The lowest BCUT2D eigenvalue weighted by atomic mass is 10.2. The second-order valence-corrected chi connectivity index (χ2v) is 4.86. The SMILES string of the molecule is CSCC(C)CNc1nccc(C#N)c1Cl. The summed E-state index contributed by atoms with van der Waals surface area (Å²) in [5.41, 5.74) is 0.455. The number of nitrogens with zero attached hydrogens (tertiary/aromatic N) is 2. The normalized spacial score (nSPS) is 11.9. The lowest BCUT2D eigenvalue weighted by Crippen LogP contribution is -2.14. The number of pyridine rings is 1. The first-order chi connectivity index (χ1) is 7.69. The van der Waals surface area contributed by atoms with Gasteiger partial charge in [-0.25, -0.2) is 4.98 Å². The largest absolute Gasteiger partial charge is 0.369 e. The monoisotopic (exact) mass is 255 g/mol. The number of anilines is 1. The number of nitriles is 1. The van der Waals surface area contributed by atoms with Crippen molar-refractivity contribution in [1.82, 2.24) is 4.98 Å². The van der Waals surface area contributed by atoms with Gasteiger partial charge in [-0.05, 0) is 24.0 Å². The third-order valence-electron chi connectivity index (χ3n) is 2.08. The molecule has 0 aliphatic heterocycles. The molecule has 1 atom stereocenters. The van der Waals surface area contributed by atoms with Crippen LogP contribution in [0.1, 0.15) is 12.5 Å². The van der Waals surface area contributed by atoms with Crippen LogP contribution in [0.3, 0.4) is 0 Å². The van der Waals surface area contributed by atoms with Crippen LogP contribution in [0.15, 0.2) is 12.3 Å². The van der Waals surface area contributed by atoms with Gasteiger partial charge in [0.2, 0.25) is 0 Å². The summed E-state index contributed by atoms with van der Waals surface area (Å²) in [7, 11) is 0. The number of hydrogen-bond donors (Lipinski definition) is 1. The Kier molecular flexibility index (Phi) is 5.44. The maximum Gasteiger partial charge on any atom is 0.146 e. The predicted molar refractivity (Wildman–Crippen MR) is 70.0 cm³/mol. The molecule has 0 aromatic carbocycles. The Balaban J connectivity index is 2.64. The molecule has 1 aromatic heterocycles. The first kappa shape index (κ1) is 13.1. The molecule has 0 aliphatic rings. The van der Waals surface area contributed by atoms with Crippen molar-refractivity contribution in [1.29, 1.82) is 5.26 Å². The molecular formula is C11H14ClN3S. The van der Waals surface area contributed by atoms with Crippen molar-refractivity contribution in [2.24, 2.45) is 5.92 Å². The zero-order chi connectivity index (χ0) is 12.0. The molecule has 1 rings (SSSR count). The highest BCUT2D eigenvalue weighted by atomic mass is 35.5. The van der Waals surface area contributed by atoms with E-state index in [4.69, 9.17) is 16.9 Å². The fraction of sp³-hybridized carbons (Fsp3) is 0.455. The maximum atomic E-state index is 8.81. The number of aromatic nitrogens is 1. The topological polar surface area (TPSA) is 48.7 Å². The van der Waals surface area contributed by atoms with Crippen LogP contribution in [0.5, 0.6) is 0 Å². The molecule has 1 aromatic rings. The Bertz CT molecular complexity index is 389. The summed E-state index contributed by atoms with van der Waals surface area (Å²) in [4.78, 5) is 4.12. The van der Waals surface area contributed by atoms with Crippen LogP contribution >= 0.6 is 23.4 Å². The minimum Gasteiger partial charge on any atom is -0.369 e. The van der Waals surface area contributed by atoms with Crippen molar-refractivity contribution in [3.05, 3.63) is 22.8 Å². The zero-order valence-corrected chi connectivity index (χ0v) is 10.9. The second kappa shape index (κ2) is 6.62. The molecule has 0 bridgehead atoms. The van der Waals surface area contributed by atoms with Gasteiger partial charge in [-0.2, -0.15) is 17.0 Å². The van der Waals surface area contributed by atoms with Gasteiger partial charge in [-0.15, -0.1) is 0 Å². The molecule has 0 saturated carbocycles. The standard InChI is InChI=1S/C11H14ClN3S/c1-8(7-16-2)6-15-11-10(12)9(5-13)3-4-14-11/h3-4,8H,6-7H2,1-2H3,(H,14,15). The van der Waals surface area contributed by atoms with Crippen molar-refractivity contribution in [2.75, 3.05) is 23.9 Å². The first-order valence-electron chi connectivity index (χ1n) is 4.96. The van der Waals surface area contributed by atoms with Gasteiger partial charge in [0.05, 0.1) is 5.56 Å². The van der Waals surface area contributed by atoms with Crippen LogP contribution in [-0.2, 0) is 0 Å². The highest BCUT2D eigenvalue weighted by molar-refractivity contribution is 7.98. The summed E-state index contributed by atoms with van der Waals surface area (Å²) < 4.78 is 0. The molecule has 1 N–H and O–H groups in total. The van der Waals surface area contributed by atoms with Gasteiger partial charge in [0.15, 0.2) is 0 Å². The van der Waals surface area contributed by atoms with Gasteiger partial charge in [0, 0.05) is 12.7 Å². The van der Waals surface area contributed by atoms with Crippen LogP contribution in [0.25, 0.3) is 0 Å². The van der Waals surface area contributed by atoms with E-state index < -0.39 is 0 Å². The third-order valence-corrected chi connectivity index (χ3v) is 3.36. The third kappa shape index (κ3) is 3.58. The minimum atomic E-state index is 0.404. The summed E-state index contributed by atoms with van der Waals surface area (Å²) in [6, 6.07) is 3.64. The fourth-order valence-electron chi connectivity index (χ4n) is 1.27. The van der Waals surface area contributed by atoms with Crippen LogP contribution in [0, 0.1) is 17.2 Å². The van der Waals surface area contributed by atoms with Crippen molar-refractivity contribution in [3.63, 3.8) is 0 Å².